The molecule has 0 fully saturated rings. The lowest BCUT2D eigenvalue weighted by molar-refractivity contribution is -0.133. The molecule has 1 amide bonds. The van der Waals surface area contributed by atoms with Crippen LogP contribution in [0.25, 0.3) is 0 Å². The quantitative estimate of drug-likeness (QED) is 0.831. The number of ether oxygens (including phenoxy) is 2. The Bertz CT molecular complexity index is 744. The molecule has 7 heteroatoms. The van der Waals surface area contributed by atoms with Gasteiger partial charge < -0.3 is 19.4 Å². The average molecular weight is 344 g/mol. The van der Waals surface area contributed by atoms with E-state index in [1.54, 1.807) is 14.0 Å². The van der Waals surface area contributed by atoms with Gasteiger partial charge in [-0.3, -0.25) is 4.79 Å². The summed E-state index contributed by atoms with van der Waals surface area (Å²) in [7, 11) is 1.62. The molecule has 1 aromatic heterocycles. The van der Waals surface area contributed by atoms with Crippen molar-refractivity contribution in [3.8, 4) is 5.75 Å². The maximum Gasteiger partial charge on any atom is 0.249 e. The van der Waals surface area contributed by atoms with E-state index in [-0.39, 0.29) is 11.9 Å². The van der Waals surface area contributed by atoms with Crippen LogP contribution < -0.4 is 10.1 Å². The lowest BCUT2D eigenvalue weighted by Gasteiger charge is -2.18. The molecule has 1 aromatic carbocycles. The van der Waals surface area contributed by atoms with E-state index in [9.17, 15) is 4.79 Å². The molecule has 0 saturated heterocycles. The van der Waals surface area contributed by atoms with Crippen molar-refractivity contribution in [1.29, 1.82) is 0 Å². The molecule has 0 radical (unpaired) electrons. The third kappa shape index (κ3) is 3.99. The topological polar surface area (TPSA) is 78.3 Å². The summed E-state index contributed by atoms with van der Waals surface area (Å²) in [6.07, 6.45) is 1.47. The molecule has 7 nitrogen and oxygen atoms in total. The van der Waals surface area contributed by atoms with Crippen molar-refractivity contribution in [1.82, 2.24) is 20.1 Å². The van der Waals surface area contributed by atoms with Crippen LogP contribution in [-0.4, -0.2) is 33.9 Å². The highest BCUT2D eigenvalue weighted by Gasteiger charge is 2.24. The van der Waals surface area contributed by atoms with Crippen LogP contribution in [0.5, 0.6) is 5.75 Å². The zero-order valence-electron chi connectivity index (χ0n) is 14.9. The number of nitrogens with one attached hydrogen (secondary N) is 1. The van der Waals surface area contributed by atoms with E-state index in [1.807, 2.05) is 31.2 Å². The van der Waals surface area contributed by atoms with Crippen LogP contribution in [0.4, 0.5) is 0 Å². The standard InChI is InChI=1S/C18H24N4O3/c1-12(17-21-20-16-8-5-9-22(16)17)19-18(23)13(2)25-11-14-6-4-7-15(10-14)24-3/h4,6-7,10,12-13H,5,8-9,11H2,1-3H3,(H,19,23)/t12-,13+/m0/s1. The number of fused-ring (bicyclic) bond motifs is 1. The molecule has 1 aliphatic heterocycles. The summed E-state index contributed by atoms with van der Waals surface area (Å²) in [5.41, 5.74) is 0.960. The van der Waals surface area contributed by atoms with Gasteiger partial charge in [0.1, 0.15) is 17.7 Å². The summed E-state index contributed by atoms with van der Waals surface area (Å²) < 4.78 is 13.0. The van der Waals surface area contributed by atoms with Gasteiger partial charge in [-0.2, -0.15) is 0 Å². The molecular formula is C18H24N4O3. The maximum atomic E-state index is 12.4. The van der Waals surface area contributed by atoms with Gasteiger partial charge >= 0.3 is 0 Å². The average Bonchev–Trinajstić information content (AvgIpc) is 3.23. The number of benzene rings is 1. The van der Waals surface area contributed by atoms with Crippen molar-refractivity contribution in [2.75, 3.05) is 7.11 Å². The van der Waals surface area contributed by atoms with Crippen molar-refractivity contribution < 1.29 is 14.3 Å². The molecule has 0 aliphatic carbocycles. The van der Waals surface area contributed by atoms with Gasteiger partial charge in [-0.1, -0.05) is 12.1 Å². The Morgan fingerprint density at radius 2 is 2.20 bits per heavy atom. The molecule has 25 heavy (non-hydrogen) atoms. The van der Waals surface area contributed by atoms with E-state index in [4.69, 9.17) is 9.47 Å². The normalized spacial score (nSPS) is 15.5. The predicted molar refractivity (Wildman–Crippen MR) is 92.1 cm³/mol. The van der Waals surface area contributed by atoms with Crippen LogP contribution in [0.2, 0.25) is 0 Å². The van der Waals surface area contributed by atoms with E-state index < -0.39 is 6.10 Å². The second-order valence-electron chi connectivity index (χ2n) is 6.26. The molecule has 1 aliphatic rings. The van der Waals surface area contributed by atoms with E-state index >= 15 is 0 Å². The van der Waals surface area contributed by atoms with Gasteiger partial charge in [0.05, 0.1) is 19.8 Å². The lowest BCUT2D eigenvalue weighted by atomic mass is 10.2. The molecule has 134 valence electrons. The van der Waals surface area contributed by atoms with Crippen molar-refractivity contribution in [2.24, 2.45) is 0 Å². The smallest absolute Gasteiger partial charge is 0.249 e. The fourth-order valence-corrected chi connectivity index (χ4v) is 2.95. The number of amides is 1. The Labute approximate surface area is 147 Å². The molecule has 2 aromatic rings. The van der Waals surface area contributed by atoms with Crippen LogP contribution in [0, 0.1) is 0 Å². The Kier molecular flexibility index (Phi) is 5.33. The summed E-state index contributed by atoms with van der Waals surface area (Å²) in [4.78, 5) is 12.4. The first kappa shape index (κ1) is 17.4. The van der Waals surface area contributed by atoms with Gasteiger partial charge in [-0.05, 0) is 38.0 Å². The minimum absolute atomic E-state index is 0.161. The SMILES string of the molecule is COc1cccc(CO[C@H](C)C(=O)N[C@@H](C)c2nnc3n2CCC3)c1. The number of hydrogen-bond acceptors (Lipinski definition) is 5. The monoisotopic (exact) mass is 344 g/mol. The zero-order valence-corrected chi connectivity index (χ0v) is 14.9. The number of carbonyl (C=O) groups excluding carboxylic acids is 1. The number of hydrogen-bond donors (Lipinski definition) is 1. The first-order chi connectivity index (χ1) is 12.1. The number of rotatable bonds is 7. The molecule has 0 spiro atoms. The summed E-state index contributed by atoms with van der Waals surface area (Å²) >= 11 is 0. The highest BCUT2D eigenvalue weighted by atomic mass is 16.5. The molecule has 0 bridgehead atoms. The number of methoxy groups -OCH3 is 1. The van der Waals surface area contributed by atoms with Crippen molar-refractivity contribution >= 4 is 5.91 Å². The predicted octanol–water partition coefficient (Wildman–Crippen LogP) is 2.02. The van der Waals surface area contributed by atoms with Gasteiger partial charge in [0, 0.05) is 13.0 Å². The molecule has 2 atom stereocenters. The highest BCUT2D eigenvalue weighted by molar-refractivity contribution is 5.80. The Morgan fingerprint density at radius 1 is 1.36 bits per heavy atom. The third-order valence-corrected chi connectivity index (χ3v) is 4.39. The maximum absolute atomic E-state index is 12.4. The second kappa shape index (κ2) is 7.65. The number of carbonyl (C=O) groups is 1. The van der Waals surface area contributed by atoms with Crippen LogP contribution in [0.3, 0.4) is 0 Å². The van der Waals surface area contributed by atoms with Crippen LogP contribution >= 0.6 is 0 Å². The van der Waals surface area contributed by atoms with Crippen LogP contribution in [-0.2, 0) is 29.1 Å². The van der Waals surface area contributed by atoms with Crippen molar-refractivity contribution in [3.05, 3.63) is 41.5 Å². The van der Waals surface area contributed by atoms with Gasteiger partial charge in [0.2, 0.25) is 5.91 Å². The molecule has 2 heterocycles. The van der Waals surface area contributed by atoms with Gasteiger partial charge in [-0.25, -0.2) is 0 Å². The fourth-order valence-electron chi connectivity index (χ4n) is 2.95. The van der Waals surface area contributed by atoms with Crippen LogP contribution in [0.15, 0.2) is 24.3 Å². The Morgan fingerprint density at radius 3 is 3.00 bits per heavy atom. The highest BCUT2D eigenvalue weighted by Crippen LogP contribution is 2.19. The fraction of sp³-hybridized carbons (Fsp3) is 0.500. The summed E-state index contributed by atoms with van der Waals surface area (Å²) in [5.74, 6) is 2.41. The summed E-state index contributed by atoms with van der Waals surface area (Å²) in [6.45, 7) is 4.93. The van der Waals surface area contributed by atoms with E-state index in [1.165, 1.54) is 0 Å². The molecule has 0 saturated carbocycles. The van der Waals surface area contributed by atoms with Gasteiger partial charge in [0.25, 0.3) is 0 Å². The Hall–Kier alpha value is -2.41. The van der Waals surface area contributed by atoms with E-state index in [0.29, 0.717) is 6.61 Å². The molecule has 0 unspecified atom stereocenters. The third-order valence-electron chi connectivity index (χ3n) is 4.39. The van der Waals surface area contributed by atoms with Gasteiger partial charge in [-0.15, -0.1) is 10.2 Å². The largest absolute Gasteiger partial charge is 0.497 e. The lowest BCUT2D eigenvalue weighted by Crippen LogP contribution is -2.37. The summed E-state index contributed by atoms with van der Waals surface area (Å²) in [5, 5.41) is 11.3. The second-order valence-corrected chi connectivity index (χ2v) is 6.26. The number of aromatic nitrogens is 3. The first-order valence-electron chi connectivity index (χ1n) is 8.55. The minimum atomic E-state index is -0.561. The van der Waals surface area contributed by atoms with Gasteiger partial charge in [0.15, 0.2) is 5.82 Å². The number of nitrogens with zero attached hydrogens (tertiary/aromatic N) is 3. The Balaban J connectivity index is 1.53. The number of aryl methyl sites for hydroxylation is 1. The van der Waals surface area contributed by atoms with E-state index in [0.717, 1.165) is 42.3 Å². The zero-order chi connectivity index (χ0) is 17.8. The summed E-state index contributed by atoms with van der Waals surface area (Å²) in [6, 6.07) is 7.41. The van der Waals surface area contributed by atoms with E-state index in [2.05, 4.69) is 20.1 Å². The molecular weight excluding hydrogens is 320 g/mol. The minimum Gasteiger partial charge on any atom is -0.497 e. The first-order valence-corrected chi connectivity index (χ1v) is 8.55. The van der Waals surface area contributed by atoms with Crippen molar-refractivity contribution in [2.45, 2.75) is 52.0 Å². The molecule has 3 rings (SSSR count). The van der Waals surface area contributed by atoms with Crippen LogP contribution in [0.1, 0.15) is 43.5 Å². The van der Waals surface area contributed by atoms with Crippen molar-refractivity contribution in [3.63, 3.8) is 0 Å². The molecule has 1 N–H and O–H groups in total.